The molecule has 0 aliphatic carbocycles. The maximum atomic E-state index is 4.62. The zero-order valence-corrected chi connectivity index (χ0v) is 16.0. The van der Waals surface area contributed by atoms with E-state index in [1.54, 1.807) is 0 Å². The third-order valence-corrected chi connectivity index (χ3v) is 5.25. The molecule has 0 unspecified atom stereocenters. The van der Waals surface area contributed by atoms with Crippen molar-refractivity contribution in [3.8, 4) is 0 Å². The summed E-state index contributed by atoms with van der Waals surface area (Å²) in [6, 6.07) is 11.4. The van der Waals surface area contributed by atoms with E-state index in [-0.39, 0.29) is 0 Å². The van der Waals surface area contributed by atoms with Gasteiger partial charge in [-0.1, -0.05) is 19.9 Å². The molecule has 2 aromatic carbocycles. The molecule has 3 aromatic rings. The van der Waals surface area contributed by atoms with Gasteiger partial charge in [0, 0.05) is 24.3 Å². The average Bonchev–Trinajstić information content (AvgIpc) is 2.63. The maximum Gasteiger partial charge on any atom is 0.0707 e. The van der Waals surface area contributed by atoms with Gasteiger partial charge in [0.25, 0.3) is 0 Å². The SMILES string of the molecule is CCc1cc2nccc(Cc3cc(C)c(NC)cc3C)c2cc1CC. The Kier molecular flexibility index (Phi) is 5.08. The average molecular weight is 332 g/mol. The van der Waals surface area contributed by atoms with Gasteiger partial charge in [-0.15, -0.1) is 0 Å². The molecule has 0 bridgehead atoms. The van der Waals surface area contributed by atoms with Crippen LogP contribution in [0.25, 0.3) is 10.9 Å². The topological polar surface area (TPSA) is 24.9 Å². The molecule has 1 aromatic heterocycles. The van der Waals surface area contributed by atoms with E-state index in [0.717, 1.165) is 24.8 Å². The van der Waals surface area contributed by atoms with Gasteiger partial charge < -0.3 is 5.32 Å². The monoisotopic (exact) mass is 332 g/mol. The zero-order chi connectivity index (χ0) is 18.0. The third-order valence-electron chi connectivity index (χ3n) is 5.25. The Morgan fingerprint density at radius 1 is 0.840 bits per heavy atom. The number of fused-ring (bicyclic) bond motifs is 1. The highest BCUT2D eigenvalue weighted by atomic mass is 14.8. The van der Waals surface area contributed by atoms with Crippen LogP contribution in [0.15, 0.2) is 36.5 Å². The fourth-order valence-electron chi connectivity index (χ4n) is 3.69. The second kappa shape index (κ2) is 7.26. The Labute approximate surface area is 151 Å². The molecule has 2 heteroatoms. The molecule has 0 aliphatic rings. The Morgan fingerprint density at radius 3 is 2.24 bits per heavy atom. The minimum Gasteiger partial charge on any atom is -0.388 e. The van der Waals surface area contributed by atoms with E-state index >= 15 is 0 Å². The first-order valence-electron chi connectivity index (χ1n) is 9.24. The summed E-state index contributed by atoms with van der Waals surface area (Å²) in [5, 5.41) is 4.57. The van der Waals surface area contributed by atoms with Crippen LogP contribution < -0.4 is 5.32 Å². The molecule has 1 heterocycles. The van der Waals surface area contributed by atoms with Crippen LogP contribution in [0.5, 0.6) is 0 Å². The molecular formula is C23H28N2. The second-order valence-electron chi connectivity index (χ2n) is 6.84. The molecule has 0 radical (unpaired) electrons. The van der Waals surface area contributed by atoms with Gasteiger partial charge in [0.1, 0.15) is 0 Å². The van der Waals surface area contributed by atoms with Crippen molar-refractivity contribution in [1.29, 1.82) is 0 Å². The van der Waals surface area contributed by atoms with Crippen molar-refractivity contribution in [3.63, 3.8) is 0 Å². The summed E-state index contributed by atoms with van der Waals surface area (Å²) < 4.78 is 0. The van der Waals surface area contributed by atoms with E-state index in [1.165, 1.54) is 44.5 Å². The van der Waals surface area contributed by atoms with Crippen molar-refractivity contribution < 1.29 is 0 Å². The second-order valence-corrected chi connectivity index (χ2v) is 6.84. The zero-order valence-electron chi connectivity index (χ0n) is 16.0. The smallest absolute Gasteiger partial charge is 0.0707 e. The lowest BCUT2D eigenvalue weighted by Gasteiger charge is -2.14. The molecule has 2 nitrogen and oxygen atoms in total. The van der Waals surface area contributed by atoms with Gasteiger partial charge >= 0.3 is 0 Å². The van der Waals surface area contributed by atoms with Crippen LogP contribution in [-0.4, -0.2) is 12.0 Å². The van der Waals surface area contributed by atoms with Crippen LogP contribution in [-0.2, 0) is 19.3 Å². The van der Waals surface area contributed by atoms with Crippen molar-refractivity contribution >= 4 is 16.6 Å². The number of nitrogens with one attached hydrogen (secondary N) is 1. The number of pyridine rings is 1. The molecule has 0 aliphatic heterocycles. The summed E-state index contributed by atoms with van der Waals surface area (Å²) >= 11 is 0. The fourth-order valence-corrected chi connectivity index (χ4v) is 3.69. The molecule has 25 heavy (non-hydrogen) atoms. The van der Waals surface area contributed by atoms with Crippen molar-refractivity contribution in [2.24, 2.45) is 0 Å². The number of benzene rings is 2. The predicted molar refractivity (Wildman–Crippen MR) is 109 cm³/mol. The van der Waals surface area contributed by atoms with Crippen molar-refractivity contribution in [1.82, 2.24) is 4.98 Å². The van der Waals surface area contributed by atoms with Crippen LogP contribution in [0, 0.1) is 13.8 Å². The lowest BCUT2D eigenvalue weighted by Crippen LogP contribution is -2.00. The molecule has 130 valence electrons. The molecule has 0 saturated carbocycles. The van der Waals surface area contributed by atoms with Gasteiger partial charge in [-0.05, 0) is 90.8 Å². The highest BCUT2D eigenvalue weighted by Gasteiger charge is 2.10. The summed E-state index contributed by atoms with van der Waals surface area (Å²) in [4.78, 5) is 4.62. The molecule has 0 spiro atoms. The molecule has 0 atom stereocenters. The van der Waals surface area contributed by atoms with Crippen molar-refractivity contribution in [3.05, 3.63) is 69.9 Å². The van der Waals surface area contributed by atoms with E-state index in [0.29, 0.717) is 0 Å². The first kappa shape index (κ1) is 17.5. The van der Waals surface area contributed by atoms with Crippen molar-refractivity contribution in [2.75, 3.05) is 12.4 Å². The largest absolute Gasteiger partial charge is 0.388 e. The van der Waals surface area contributed by atoms with Crippen molar-refractivity contribution in [2.45, 2.75) is 47.0 Å². The van der Waals surface area contributed by atoms with Crippen LogP contribution in [0.4, 0.5) is 5.69 Å². The van der Waals surface area contributed by atoms with Crippen LogP contribution >= 0.6 is 0 Å². The number of aryl methyl sites for hydroxylation is 4. The molecule has 3 rings (SSSR count). The minimum absolute atomic E-state index is 0.949. The Morgan fingerprint density at radius 2 is 1.56 bits per heavy atom. The highest BCUT2D eigenvalue weighted by molar-refractivity contribution is 5.84. The van der Waals surface area contributed by atoms with E-state index in [4.69, 9.17) is 0 Å². The first-order valence-corrected chi connectivity index (χ1v) is 9.24. The maximum absolute atomic E-state index is 4.62. The number of nitrogens with zero attached hydrogens (tertiary/aromatic N) is 1. The number of aromatic nitrogens is 1. The lowest BCUT2D eigenvalue weighted by atomic mass is 9.93. The molecule has 0 amide bonds. The normalized spacial score (nSPS) is 11.1. The van der Waals surface area contributed by atoms with E-state index in [1.807, 2.05) is 13.2 Å². The Balaban J connectivity index is 2.09. The third kappa shape index (κ3) is 3.39. The lowest BCUT2D eigenvalue weighted by molar-refractivity contribution is 1.04. The Hall–Kier alpha value is -2.35. The predicted octanol–water partition coefficient (Wildman–Crippen LogP) is 5.61. The van der Waals surface area contributed by atoms with Crippen LogP contribution in [0.3, 0.4) is 0 Å². The molecule has 0 fully saturated rings. The fraction of sp³-hybridized carbons (Fsp3) is 0.348. The van der Waals surface area contributed by atoms with Crippen LogP contribution in [0.2, 0.25) is 0 Å². The van der Waals surface area contributed by atoms with Gasteiger partial charge in [0.15, 0.2) is 0 Å². The first-order chi connectivity index (χ1) is 12.1. The van der Waals surface area contributed by atoms with Gasteiger partial charge in [-0.3, -0.25) is 4.98 Å². The van der Waals surface area contributed by atoms with Gasteiger partial charge in [0.2, 0.25) is 0 Å². The van der Waals surface area contributed by atoms with Gasteiger partial charge in [-0.2, -0.15) is 0 Å². The molecule has 1 N–H and O–H groups in total. The summed E-state index contributed by atoms with van der Waals surface area (Å²) in [5.41, 5.74) is 10.6. The molecular weight excluding hydrogens is 304 g/mol. The number of anilines is 1. The summed E-state index contributed by atoms with van der Waals surface area (Å²) in [6.07, 6.45) is 5.04. The molecule has 0 saturated heterocycles. The summed E-state index contributed by atoms with van der Waals surface area (Å²) in [6.45, 7) is 8.83. The van der Waals surface area contributed by atoms with Gasteiger partial charge in [0.05, 0.1) is 5.52 Å². The quantitative estimate of drug-likeness (QED) is 0.657. The van der Waals surface area contributed by atoms with E-state index < -0.39 is 0 Å². The summed E-state index contributed by atoms with van der Waals surface area (Å²) in [5.74, 6) is 0. The van der Waals surface area contributed by atoms with Crippen LogP contribution in [0.1, 0.15) is 47.2 Å². The van der Waals surface area contributed by atoms with E-state index in [2.05, 4.69) is 68.3 Å². The number of hydrogen-bond donors (Lipinski definition) is 1. The number of hydrogen-bond acceptors (Lipinski definition) is 2. The Bertz CT molecular complexity index is 910. The standard InChI is InChI=1S/C23H28N2/c1-6-17-13-21-19(8-9-25-23(21)14-18(17)7-2)12-20-10-16(4)22(24-5)11-15(20)3/h8-11,13-14,24H,6-7,12H2,1-5H3. The summed E-state index contributed by atoms with van der Waals surface area (Å²) in [7, 11) is 1.98. The minimum atomic E-state index is 0.949. The van der Waals surface area contributed by atoms with Gasteiger partial charge in [-0.25, -0.2) is 0 Å². The number of rotatable bonds is 5. The van der Waals surface area contributed by atoms with E-state index in [9.17, 15) is 0 Å². The highest BCUT2D eigenvalue weighted by Crippen LogP contribution is 2.27.